The monoisotopic (exact) mass is 416 g/mol. The molecule has 0 radical (unpaired) electrons. The number of aryl methyl sites for hydroxylation is 2. The zero-order chi connectivity index (χ0) is 20.1. The van der Waals surface area contributed by atoms with Crippen molar-refractivity contribution in [3.05, 3.63) is 59.2 Å². The normalized spacial score (nSPS) is 15.1. The van der Waals surface area contributed by atoms with Gasteiger partial charge in [-0.1, -0.05) is 36.0 Å². The van der Waals surface area contributed by atoms with Crippen LogP contribution in [0.5, 0.6) is 0 Å². The second-order valence-corrected chi connectivity index (χ2v) is 9.37. The van der Waals surface area contributed by atoms with E-state index < -0.39 is 10.0 Å². The van der Waals surface area contributed by atoms with Gasteiger partial charge in [-0.05, 0) is 62.1 Å². The molecule has 3 rings (SSSR count). The SMILES string of the molecule is C/C(=N/NS(=O)(=O)c1cc(C)ccc1C)c1ccc(NC2=NCCCS2)cc1. The minimum atomic E-state index is -3.71. The molecule has 1 heterocycles. The van der Waals surface area contributed by atoms with Crippen molar-refractivity contribution in [2.45, 2.75) is 32.1 Å². The molecular weight excluding hydrogens is 392 g/mol. The van der Waals surface area contributed by atoms with E-state index in [1.165, 1.54) is 0 Å². The van der Waals surface area contributed by atoms with E-state index in [0.29, 0.717) is 11.3 Å². The summed E-state index contributed by atoms with van der Waals surface area (Å²) in [6.45, 7) is 6.26. The van der Waals surface area contributed by atoms with E-state index in [4.69, 9.17) is 0 Å². The lowest BCUT2D eigenvalue weighted by atomic mass is 10.1. The number of benzene rings is 2. The van der Waals surface area contributed by atoms with Gasteiger partial charge in [0.2, 0.25) is 0 Å². The van der Waals surface area contributed by atoms with E-state index in [1.54, 1.807) is 37.7 Å². The van der Waals surface area contributed by atoms with Crippen LogP contribution in [-0.2, 0) is 10.0 Å². The molecular formula is C20H24N4O2S2. The number of thioether (sulfide) groups is 1. The fraction of sp³-hybridized carbons (Fsp3) is 0.300. The highest BCUT2D eigenvalue weighted by Crippen LogP contribution is 2.18. The fourth-order valence-corrected chi connectivity index (χ4v) is 4.72. The molecule has 0 bridgehead atoms. The van der Waals surface area contributed by atoms with Gasteiger partial charge in [0.15, 0.2) is 5.17 Å². The van der Waals surface area contributed by atoms with Crippen molar-refractivity contribution in [2.24, 2.45) is 10.1 Å². The van der Waals surface area contributed by atoms with Gasteiger partial charge in [0.1, 0.15) is 0 Å². The molecule has 2 N–H and O–H groups in total. The zero-order valence-electron chi connectivity index (χ0n) is 16.2. The van der Waals surface area contributed by atoms with E-state index in [1.807, 2.05) is 37.3 Å². The molecule has 0 saturated carbocycles. The van der Waals surface area contributed by atoms with Crippen LogP contribution in [0.4, 0.5) is 5.69 Å². The van der Waals surface area contributed by atoms with Gasteiger partial charge in [0.25, 0.3) is 10.0 Å². The molecule has 28 heavy (non-hydrogen) atoms. The summed E-state index contributed by atoms with van der Waals surface area (Å²) < 4.78 is 25.1. The molecule has 0 saturated heterocycles. The lowest BCUT2D eigenvalue weighted by Gasteiger charge is -2.13. The Balaban J connectivity index is 1.70. The minimum absolute atomic E-state index is 0.245. The third kappa shape index (κ3) is 5.14. The smallest absolute Gasteiger partial charge is 0.276 e. The van der Waals surface area contributed by atoms with Crippen LogP contribution >= 0.6 is 11.8 Å². The highest BCUT2D eigenvalue weighted by molar-refractivity contribution is 8.14. The number of hydrazone groups is 1. The summed E-state index contributed by atoms with van der Waals surface area (Å²) in [5.74, 6) is 1.08. The Morgan fingerprint density at radius 3 is 2.57 bits per heavy atom. The number of nitrogens with zero attached hydrogens (tertiary/aromatic N) is 2. The highest BCUT2D eigenvalue weighted by atomic mass is 32.2. The number of amidine groups is 1. The number of aliphatic imine (C=N–C) groups is 1. The van der Waals surface area contributed by atoms with Crippen molar-refractivity contribution in [1.82, 2.24) is 4.83 Å². The van der Waals surface area contributed by atoms with Crippen LogP contribution in [0, 0.1) is 13.8 Å². The number of sulfonamides is 1. The van der Waals surface area contributed by atoms with Crippen LogP contribution < -0.4 is 10.1 Å². The summed E-state index contributed by atoms with van der Waals surface area (Å²) in [4.78, 5) is 7.04. The molecule has 148 valence electrons. The van der Waals surface area contributed by atoms with Crippen LogP contribution in [0.25, 0.3) is 0 Å². The van der Waals surface area contributed by atoms with Crippen molar-refractivity contribution in [1.29, 1.82) is 0 Å². The average Bonchev–Trinajstić information content (AvgIpc) is 2.69. The van der Waals surface area contributed by atoms with Crippen molar-refractivity contribution < 1.29 is 8.42 Å². The molecule has 6 nitrogen and oxygen atoms in total. The molecule has 0 fully saturated rings. The first-order valence-corrected chi connectivity index (χ1v) is 11.5. The van der Waals surface area contributed by atoms with Crippen molar-refractivity contribution >= 4 is 38.4 Å². The van der Waals surface area contributed by atoms with Crippen LogP contribution in [0.2, 0.25) is 0 Å². The maximum absolute atomic E-state index is 12.6. The summed E-state index contributed by atoms with van der Waals surface area (Å²) in [5, 5.41) is 8.32. The zero-order valence-corrected chi connectivity index (χ0v) is 17.8. The summed E-state index contributed by atoms with van der Waals surface area (Å²) in [6.07, 6.45) is 1.11. The number of hydrogen-bond acceptors (Lipinski definition) is 6. The lowest BCUT2D eigenvalue weighted by Crippen LogP contribution is -2.21. The van der Waals surface area contributed by atoms with E-state index in [-0.39, 0.29) is 4.90 Å². The first kappa shape index (κ1) is 20.4. The van der Waals surface area contributed by atoms with Gasteiger partial charge < -0.3 is 5.32 Å². The molecule has 0 atom stereocenters. The lowest BCUT2D eigenvalue weighted by molar-refractivity contribution is 0.583. The molecule has 2 aromatic carbocycles. The predicted molar refractivity (Wildman–Crippen MR) is 118 cm³/mol. The summed E-state index contributed by atoms with van der Waals surface area (Å²) >= 11 is 1.72. The van der Waals surface area contributed by atoms with Crippen LogP contribution in [-0.4, -0.2) is 31.6 Å². The highest BCUT2D eigenvalue weighted by Gasteiger charge is 2.16. The average molecular weight is 417 g/mol. The summed E-state index contributed by atoms with van der Waals surface area (Å²) in [6, 6.07) is 13.0. The summed E-state index contributed by atoms with van der Waals surface area (Å²) in [5.41, 5.74) is 3.94. The number of anilines is 1. The topological polar surface area (TPSA) is 82.9 Å². The molecule has 1 aliphatic rings. The molecule has 0 aromatic heterocycles. The Bertz CT molecular complexity index is 1010. The number of rotatable bonds is 5. The Hall–Kier alpha value is -2.32. The van der Waals surface area contributed by atoms with Gasteiger partial charge in [0, 0.05) is 18.0 Å². The van der Waals surface area contributed by atoms with Gasteiger partial charge in [0.05, 0.1) is 10.6 Å². The van der Waals surface area contributed by atoms with Crippen molar-refractivity contribution in [2.75, 3.05) is 17.6 Å². The second kappa shape index (κ2) is 8.79. The van der Waals surface area contributed by atoms with E-state index in [9.17, 15) is 8.42 Å². The van der Waals surface area contributed by atoms with Crippen LogP contribution in [0.3, 0.4) is 0 Å². The van der Waals surface area contributed by atoms with Gasteiger partial charge in [-0.25, -0.2) is 0 Å². The number of hydrogen-bond donors (Lipinski definition) is 2. The van der Waals surface area contributed by atoms with E-state index >= 15 is 0 Å². The van der Waals surface area contributed by atoms with Crippen molar-refractivity contribution in [3.63, 3.8) is 0 Å². The molecule has 1 aliphatic heterocycles. The van der Waals surface area contributed by atoms with Gasteiger partial charge in [-0.2, -0.15) is 18.4 Å². The predicted octanol–water partition coefficient (Wildman–Crippen LogP) is 3.91. The Labute approximate surface area is 170 Å². The molecule has 2 aromatic rings. The fourth-order valence-electron chi connectivity index (χ4n) is 2.69. The Morgan fingerprint density at radius 1 is 1.14 bits per heavy atom. The van der Waals surface area contributed by atoms with E-state index in [0.717, 1.165) is 40.7 Å². The Kier molecular flexibility index (Phi) is 6.41. The minimum Gasteiger partial charge on any atom is -0.335 e. The largest absolute Gasteiger partial charge is 0.335 e. The third-order valence-electron chi connectivity index (χ3n) is 4.32. The standard InChI is InChI=1S/C20H24N4O2S2/c1-14-5-6-15(2)19(13-14)28(25,26)24-23-16(3)17-7-9-18(10-8-17)22-20-21-11-4-12-27-20/h5-10,13,24H,4,11-12H2,1-3H3,(H,21,22)/b23-16-. The first-order valence-electron chi connectivity index (χ1n) is 9.03. The maximum Gasteiger partial charge on any atom is 0.276 e. The molecule has 8 heteroatoms. The van der Waals surface area contributed by atoms with Gasteiger partial charge in [-0.3, -0.25) is 4.99 Å². The van der Waals surface area contributed by atoms with Crippen LogP contribution in [0.15, 0.2) is 57.5 Å². The van der Waals surface area contributed by atoms with Gasteiger partial charge in [-0.15, -0.1) is 0 Å². The second-order valence-electron chi connectivity index (χ2n) is 6.65. The third-order valence-corrected chi connectivity index (χ3v) is 6.67. The maximum atomic E-state index is 12.6. The van der Waals surface area contributed by atoms with E-state index in [2.05, 4.69) is 20.2 Å². The molecule has 0 amide bonds. The summed E-state index contributed by atoms with van der Waals surface area (Å²) in [7, 11) is -3.71. The Morgan fingerprint density at radius 2 is 1.89 bits per heavy atom. The number of nitrogens with one attached hydrogen (secondary N) is 2. The van der Waals surface area contributed by atoms with Crippen LogP contribution in [0.1, 0.15) is 30.0 Å². The molecule has 0 spiro atoms. The first-order chi connectivity index (χ1) is 13.3. The molecule has 0 unspecified atom stereocenters. The molecule has 0 aliphatic carbocycles. The van der Waals surface area contributed by atoms with Gasteiger partial charge >= 0.3 is 0 Å². The quantitative estimate of drug-likeness (QED) is 0.572. The van der Waals surface area contributed by atoms with Crippen molar-refractivity contribution in [3.8, 4) is 0 Å².